The minimum absolute atomic E-state index is 0.373. The monoisotopic (exact) mass is 336 g/mol. The topological polar surface area (TPSA) is 42.7 Å². The van der Waals surface area contributed by atoms with E-state index in [1.54, 1.807) is 12.2 Å². The lowest BCUT2D eigenvalue weighted by molar-refractivity contribution is 0.484. The Labute approximate surface area is 150 Å². The number of nitrogens with zero attached hydrogens (tertiary/aromatic N) is 3. The third kappa shape index (κ3) is 2.65. The van der Waals surface area contributed by atoms with E-state index >= 15 is 0 Å². The summed E-state index contributed by atoms with van der Waals surface area (Å²) in [4.78, 5) is 0. The first-order valence-corrected chi connectivity index (χ1v) is 9.11. The van der Waals surface area contributed by atoms with Crippen molar-refractivity contribution in [3.05, 3.63) is 54.9 Å². The van der Waals surface area contributed by atoms with Gasteiger partial charge in [-0.1, -0.05) is 52.2 Å². The first-order chi connectivity index (χ1) is 12.1. The van der Waals surface area contributed by atoms with Crippen molar-refractivity contribution < 1.29 is 0 Å². The first kappa shape index (κ1) is 17.6. The highest BCUT2D eigenvalue weighted by Gasteiger charge is 2.65. The maximum absolute atomic E-state index is 4.43. The molecule has 1 saturated carbocycles. The fourth-order valence-electron chi connectivity index (χ4n) is 4.23. The van der Waals surface area contributed by atoms with E-state index in [0.29, 0.717) is 11.5 Å². The average Bonchev–Trinajstić information content (AvgIpc) is 2.90. The van der Waals surface area contributed by atoms with Crippen LogP contribution in [0.2, 0.25) is 0 Å². The van der Waals surface area contributed by atoms with Gasteiger partial charge in [0.1, 0.15) is 5.52 Å². The van der Waals surface area contributed by atoms with Crippen LogP contribution in [-0.4, -0.2) is 27.9 Å². The average molecular weight is 336 g/mol. The Morgan fingerprint density at radius 1 is 1.32 bits per heavy atom. The van der Waals surface area contributed by atoms with Gasteiger partial charge < -0.3 is 9.88 Å². The predicted molar refractivity (Wildman–Crippen MR) is 105 cm³/mol. The van der Waals surface area contributed by atoms with Gasteiger partial charge in [-0.25, -0.2) is 0 Å². The van der Waals surface area contributed by atoms with Gasteiger partial charge in [-0.05, 0) is 19.1 Å². The number of nitrogens with one attached hydrogen (secondary N) is 1. The lowest BCUT2D eigenvalue weighted by Gasteiger charge is -2.15. The molecule has 0 amide bonds. The number of allylic oxidation sites excluding steroid dienone is 4. The second-order valence-corrected chi connectivity index (χ2v) is 6.91. The molecule has 3 heterocycles. The second kappa shape index (κ2) is 6.60. The molecule has 1 saturated heterocycles. The van der Waals surface area contributed by atoms with Crippen molar-refractivity contribution >= 4 is 16.6 Å². The van der Waals surface area contributed by atoms with E-state index < -0.39 is 0 Å². The van der Waals surface area contributed by atoms with Gasteiger partial charge in [0.25, 0.3) is 0 Å². The quantitative estimate of drug-likeness (QED) is 0.847. The Bertz CT molecular complexity index is 845. The van der Waals surface area contributed by atoms with Crippen LogP contribution in [0.3, 0.4) is 0 Å². The summed E-state index contributed by atoms with van der Waals surface area (Å²) in [5, 5.41) is 12.3. The maximum atomic E-state index is 4.43. The summed E-state index contributed by atoms with van der Waals surface area (Å²) in [5.74, 6) is 0.719. The summed E-state index contributed by atoms with van der Waals surface area (Å²) in [7, 11) is 0. The third-order valence-corrected chi connectivity index (χ3v) is 5.54. The molecule has 4 rings (SSSR count). The van der Waals surface area contributed by atoms with Crippen molar-refractivity contribution in [2.24, 2.45) is 11.3 Å². The van der Waals surface area contributed by atoms with Crippen LogP contribution in [0.25, 0.3) is 16.6 Å². The standard InChI is InChI=1S/C19H22N4.C2H6/c1-5-7-13(6-2)15-9-17-16(22-21-15)8-12(3)23(17)18-14-10-20-11-19(14,18)4;1-2/h5-9,14,18,20H,1-2,10-11H2,3-4H3;1-2H3/b13-7+;. The van der Waals surface area contributed by atoms with E-state index in [0.717, 1.165) is 35.8 Å². The first-order valence-electron chi connectivity index (χ1n) is 9.11. The molecule has 1 N–H and O–H groups in total. The summed E-state index contributed by atoms with van der Waals surface area (Å²) in [6, 6.07) is 4.84. The number of rotatable bonds is 4. The Balaban J connectivity index is 0.000000880. The molecule has 0 radical (unpaired) electrons. The van der Waals surface area contributed by atoms with Crippen LogP contribution in [0.5, 0.6) is 0 Å². The zero-order valence-corrected chi connectivity index (χ0v) is 15.7. The maximum Gasteiger partial charge on any atom is 0.111 e. The van der Waals surface area contributed by atoms with E-state index in [9.17, 15) is 0 Å². The summed E-state index contributed by atoms with van der Waals surface area (Å²) in [5.41, 5.74) is 5.57. The largest absolute Gasteiger partial charge is 0.339 e. The lowest BCUT2D eigenvalue weighted by atomic mass is 10.1. The molecule has 3 unspecified atom stereocenters. The molecule has 2 fully saturated rings. The summed E-state index contributed by atoms with van der Waals surface area (Å²) in [6.07, 6.45) is 5.47. The molecule has 2 aromatic heterocycles. The summed E-state index contributed by atoms with van der Waals surface area (Å²) in [6.45, 7) is 18.4. The Morgan fingerprint density at radius 3 is 2.68 bits per heavy atom. The molecular weight excluding hydrogens is 308 g/mol. The highest BCUT2D eigenvalue weighted by Crippen LogP contribution is 2.64. The molecule has 0 bridgehead atoms. The van der Waals surface area contributed by atoms with Gasteiger partial charge in [-0.3, -0.25) is 0 Å². The fraction of sp³-hybridized carbons (Fsp3) is 0.429. The van der Waals surface area contributed by atoms with Crippen LogP contribution in [0.1, 0.15) is 38.2 Å². The van der Waals surface area contributed by atoms with Crippen LogP contribution < -0.4 is 5.32 Å². The molecular formula is C21H28N4. The molecule has 4 heteroatoms. The van der Waals surface area contributed by atoms with Crippen molar-refractivity contribution in [2.75, 3.05) is 13.1 Å². The van der Waals surface area contributed by atoms with Gasteiger partial charge in [-0.2, -0.15) is 0 Å². The predicted octanol–water partition coefficient (Wildman–Crippen LogP) is 4.30. The minimum Gasteiger partial charge on any atom is -0.339 e. The third-order valence-electron chi connectivity index (χ3n) is 5.54. The highest BCUT2D eigenvalue weighted by atomic mass is 15.2. The molecule has 1 aliphatic heterocycles. The molecule has 3 atom stereocenters. The normalized spacial score (nSPS) is 27.4. The molecule has 25 heavy (non-hydrogen) atoms. The zero-order chi connectivity index (χ0) is 18.2. The smallest absolute Gasteiger partial charge is 0.111 e. The van der Waals surface area contributed by atoms with E-state index in [-0.39, 0.29) is 0 Å². The Kier molecular flexibility index (Phi) is 4.65. The van der Waals surface area contributed by atoms with Crippen LogP contribution in [0.4, 0.5) is 0 Å². The minimum atomic E-state index is 0.373. The number of aromatic nitrogens is 3. The van der Waals surface area contributed by atoms with Crippen LogP contribution in [-0.2, 0) is 0 Å². The fourth-order valence-corrected chi connectivity index (χ4v) is 4.23. The zero-order valence-electron chi connectivity index (χ0n) is 15.7. The van der Waals surface area contributed by atoms with Gasteiger partial charge in [0.15, 0.2) is 0 Å². The van der Waals surface area contributed by atoms with Gasteiger partial charge in [-0.15, -0.1) is 10.2 Å². The molecule has 1 aliphatic carbocycles. The van der Waals surface area contributed by atoms with Gasteiger partial charge in [0.2, 0.25) is 0 Å². The number of aryl methyl sites for hydroxylation is 1. The van der Waals surface area contributed by atoms with Crippen molar-refractivity contribution in [1.29, 1.82) is 0 Å². The van der Waals surface area contributed by atoms with Crippen LogP contribution in [0.15, 0.2) is 43.5 Å². The SMILES string of the molecule is C=C/C=C(\C=C)c1cc2c(cc(C)n2C2C3CNCC32C)nn1.CC. The molecule has 132 valence electrons. The Morgan fingerprint density at radius 2 is 2.08 bits per heavy atom. The van der Waals surface area contributed by atoms with Crippen molar-refractivity contribution in [3.8, 4) is 0 Å². The molecule has 2 aliphatic rings. The van der Waals surface area contributed by atoms with Crippen LogP contribution >= 0.6 is 0 Å². The van der Waals surface area contributed by atoms with E-state index in [2.05, 4.69) is 59.2 Å². The molecule has 4 nitrogen and oxygen atoms in total. The molecule has 2 aromatic rings. The molecule has 0 aromatic carbocycles. The Hall–Kier alpha value is -2.20. The van der Waals surface area contributed by atoms with E-state index in [1.165, 1.54) is 11.2 Å². The molecule has 0 spiro atoms. The van der Waals surface area contributed by atoms with Gasteiger partial charge in [0, 0.05) is 41.7 Å². The van der Waals surface area contributed by atoms with Crippen molar-refractivity contribution in [3.63, 3.8) is 0 Å². The number of piperidine rings is 1. The van der Waals surface area contributed by atoms with Crippen molar-refractivity contribution in [1.82, 2.24) is 20.1 Å². The second-order valence-electron chi connectivity index (χ2n) is 6.91. The van der Waals surface area contributed by atoms with Gasteiger partial charge in [0.05, 0.1) is 11.2 Å². The summed E-state index contributed by atoms with van der Waals surface area (Å²) >= 11 is 0. The number of fused-ring (bicyclic) bond motifs is 2. The van der Waals surface area contributed by atoms with E-state index in [4.69, 9.17) is 0 Å². The number of hydrogen-bond donors (Lipinski definition) is 1. The van der Waals surface area contributed by atoms with E-state index in [1.807, 2.05) is 19.9 Å². The highest BCUT2D eigenvalue weighted by molar-refractivity contribution is 5.82. The number of hydrogen-bond acceptors (Lipinski definition) is 3. The summed E-state index contributed by atoms with van der Waals surface area (Å²) < 4.78 is 2.47. The van der Waals surface area contributed by atoms with Crippen LogP contribution in [0, 0.1) is 18.3 Å². The van der Waals surface area contributed by atoms with Gasteiger partial charge >= 0.3 is 0 Å². The van der Waals surface area contributed by atoms with Crippen molar-refractivity contribution in [2.45, 2.75) is 33.7 Å². The lowest BCUT2D eigenvalue weighted by Crippen LogP contribution is -2.20.